The van der Waals surface area contributed by atoms with Gasteiger partial charge in [-0.3, -0.25) is 14.7 Å². The summed E-state index contributed by atoms with van der Waals surface area (Å²) < 4.78 is 19.0. The number of rotatable bonds is 5. The van der Waals surface area contributed by atoms with E-state index in [1.54, 1.807) is 25.1 Å². The highest BCUT2D eigenvalue weighted by molar-refractivity contribution is 5.91. The van der Waals surface area contributed by atoms with Crippen LogP contribution in [-0.2, 0) is 6.42 Å². The fourth-order valence-electron chi connectivity index (χ4n) is 3.96. The molecule has 2 aromatic rings. The van der Waals surface area contributed by atoms with Gasteiger partial charge in [-0.1, -0.05) is 6.08 Å². The van der Waals surface area contributed by atoms with Crippen molar-refractivity contribution in [3.8, 4) is 0 Å². The van der Waals surface area contributed by atoms with Crippen LogP contribution in [0, 0.1) is 5.82 Å². The van der Waals surface area contributed by atoms with Crippen molar-refractivity contribution in [2.45, 2.75) is 19.3 Å². The molecule has 29 heavy (non-hydrogen) atoms. The fourth-order valence-corrected chi connectivity index (χ4v) is 3.96. The second-order valence-corrected chi connectivity index (χ2v) is 7.83. The zero-order valence-electron chi connectivity index (χ0n) is 17.0. The minimum atomic E-state index is -0.295. The van der Waals surface area contributed by atoms with Crippen molar-refractivity contribution in [1.82, 2.24) is 19.7 Å². The maximum absolute atomic E-state index is 13.0. The van der Waals surface area contributed by atoms with E-state index < -0.39 is 0 Å². The van der Waals surface area contributed by atoms with E-state index in [0.717, 1.165) is 68.3 Å². The first-order chi connectivity index (χ1) is 14.0. The number of amides is 1. The Morgan fingerprint density at radius 1 is 1.24 bits per heavy atom. The van der Waals surface area contributed by atoms with Gasteiger partial charge in [0.15, 0.2) is 11.2 Å². The van der Waals surface area contributed by atoms with Crippen LogP contribution in [0.25, 0.3) is 11.8 Å². The zero-order valence-corrected chi connectivity index (χ0v) is 17.0. The monoisotopic (exact) mass is 398 g/mol. The molecule has 0 N–H and O–H groups in total. The summed E-state index contributed by atoms with van der Waals surface area (Å²) in [5.41, 5.74) is 2.98. The highest BCUT2D eigenvalue weighted by atomic mass is 19.1. The van der Waals surface area contributed by atoms with Gasteiger partial charge in [0.05, 0.1) is 11.9 Å². The highest BCUT2D eigenvalue weighted by Crippen LogP contribution is 2.17. The van der Waals surface area contributed by atoms with Crippen molar-refractivity contribution in [1.29, 1.82) is 0 Å². The molecular formula is C22H27FN4O2. The van der Waals surface area contributed by atoms with E-state index in [9.17, 15) is 9.18 Å². The normalized spacial score (nSPS) is 17.1. The van der Waals surface area contributed by atoms with Crippen LogP contribution in [0.4, 0.5) is 4.39 Å². The summed E-state index contributed by atoms with van der Waals surface area (Å²) in [6, 6.07) is 5.08. The van der Waals surface area contributed by atoms with Gasteiger partial charge in [0.1, 0.15) is 5.82 Å². The predicted molar refractivity (Wildman–Crippen MR) is 109 cm³/mol. The molecule has 6 nitrogen and oxygen atoms in total. The molecule has 2 aliphatic rings. The van der Waals surface area contributed by atoms with Crippen molar-refractivity contribution < 1.29 is 13.6 Å². The molecule has 1 aliphatic carbocycles. The second-order valence-electron chi connectivity index (χ2n) is 7.83. The van der Waals surface area contributed by atoms with Crippen LogP contribution in [0.2, 0.25) is 0 Å². The van der Waals surface area contributed by atoms with Gasteiger partial charge in [-0.2, -0.15) is 0 Å². The first-order valence-electron chi connectivity index (χ1n) is 10.1. The third-order valence-corrected chi connectivity index (χ3v) is 5.61. The number of furan rings is 1. The van der Waals surface area contributed by atoms with E-state index in [1.165, 1.54) is 18.0 Å². The first kappa shape index (κ1) is 19.6. The Labute approximate surface area is 169 Å². The summed E-state index contributed by atoms with van der Waals surface area (Å²) in [6.07, 6.45) is 6.16. The number of piperazine rings is 1. The van der Waals surface area contributed by atoms with Crippen LogP contribution in [0.1, 0.15) is 29.1 Å². The van der Waals surface area contributed by atoms with Crippen LogP contribution < -0.4 is 10.6 Å². The summed E-state index contributed by atoms with van der Waals surface area (Å²) in [5, 5.41) is 1.03. The minimum absolute atomic E-state index is 0.105. The Bertz CT molecular complexity index is 989. The predicted octanol–water partition coefficient (Wildman–Crippen LogP) is 1.06. The molecule has 0 unspecified atom stereocenters. The second kappa shape index (κ2) is 8.37. The van der Waals surface area contributed by atoms with Crippen LogP contribution in [-0.4, -0.2) is 72.4 Å². The molecule has 1 fully saturated rings. The van der Waals surface area contributed by atoms with Crippen molar-refractivity contribution in [2.24, 2.45) is 0 Å². The molecule has 3 heterocycles. The van der Waals surface area contributed by atoms with E-state index in [0.29, 0.717) is 5.76 Å². The van der Waals surface area contributed by atoms with E-state index in [1.807, 2.05) is 6.07 Å². The van der Waals surface area contributed by atoms with Crippen LogP contribution in [0.3, 0.4) is 0 Å². The number of pyridine rings is 1. The molecule has 154 valence electrons. The summed E-state index contributed by atoms with van der Waals surface area (Å²) >= 11 is 0. The number of aromatic nitrogens is 1. The lowest BCUT2D eigenvalue weighted by atomic mass is 10.1. The van der Waals surface area contributed by atoms with E-state index >= 15 is 0 Å². The van der Waals surface area contributed by atoms with Gasteiger partial charge in [-0.25, -0.2) is 4.39 Å². The van der Waals surface area contributed by atoms with Gasteiger partial charge in [0, 0.05) is 64.2 Å². The summed E-state index contributed by atoms with van der Waals surface area (Å²) in [7, 11) is 3.47. The minimum Gasteiger partial charge on any atom is -0.449 e. The quantitative estimate of drug-likeness (QED) is 0.754. The van der Waals surface area contributed by atoms with Gasteiger partial charge in [0.25, 0.3) is 5.91 Å². The number of fused-ring (bicyclic) bond motifs is 1. The van der Waals surface area contributed by atoms with E-state index in [4.69, 9.17) is 4.42 Å². The summed E-state index contributed by atoms with van der Waals surface area (Å²) in [6.45, 7) is 4.72. The Morgan fingerprint density at radius 2 is 2.03 bits per heavy atom. The maximum atomic E-state index is 13.0. The number of hydrogen-bond donors (Lipinski definition) is 0. The molecule has 0 spiro atoms. The number of nitrogens with zero attached hydrogens (tertiary/aromatic N) is 4. The Kier molecular flexibility index (Phi) is 5.67. The van der Waals surface area contributed by atoms with Crippen LogP contribution in [0.15, 0.2) is 28.8 Å². The topological polar surface area (TPSA) is 52.8 Å². The molecule has 0 aromatic carbocycles. The third-order valence-electron chi connectivity index (χ3n) is 5.61. The lowest BCUT2D eigenvalue weighted by Crippen LogP contribution is -2.48. The molecular weight excluding hydrogens is 371 g/mol. The molecule has 1 amide bonds. The smallest absolute Gasteiger partial charge is 0.289 e. The third kappa shape index (κ3) is 4.34. The Balaban J connectivity index is 1.42. The van der Waals surface area contributed by atoms with Crippen molar-refractivity contribution >= 4 is 17.7 Å². The van der Waals surface area contributed by atoms with Crippen molar-refractivity contribution in [3.63, 3.8) is 0 Å². The lowest BCUT2D eigenvalue weighted by Gasteiger charge is -2.37. The maximum Gasteiger partial charge on any atom is 0.289 e. The SMILES string of the molecule is CN(C)C(=O)c1cc2c(o1)=C(N1CCN(CCc3ccc(F)cn3)CC1)CCC=2. The largest absolute Gasteiger partial charge is 0.449 e. The molecule has 1 saturated heterocycles. The molecule has 2 aromatic heterocycles. The number of carbonyl (C=O) groups is 1. The van der Waals surface area contributed by atoms with Gasteiger partial charge >= 0.3 is 0 Å². The molecule has 0 saturated carbocycles. The number of hydrogen-bond acceptors (Lipinski definition) is 5. The molecule has 0 radical (unpaired) electrons. The van der Waals surface area contributed by atoms with E-state index in [2.05, 4.69) is 20.9 Å². The fraction of sp³-hybridized carbons (Fsp3) is 0.455. The van der Waals surface area contributed by atoms with Crippen LogP contribution in [0.5, 0.6) is 0 Å². The first-order valence-corrected chi connectivity index (χ1v) is 10.1. The lowest BCUT2D eigenvalue weighted by molar-refractivity contribution is 0.0794. The van der Waals surface area contributed by atoms with Gasteiger partial charge in [-0.05, 0) is 31.0 Å². The Hall–Kier alpha value is -2.67. The average Bonchev–Trinajstić information content (AvgIpc) is 3.17. The molecule has 0 bridgehead atoms. The van der Waals surface area contributed by atoms with Gasteiger partial charge in [-0.15, -0.1) is 0 Å². The highest BCUT2D eigenvalue weighted by Gasteiger charge is 2.23. The summed E-state index contributed by atoms with van der Waals surface area (Å²) in [5.74, 6) is 0.00399. The molecule has 1 aliphatic heterocycles. The van der Waals surface area contributed by atoms with Gasteiger partial charge < -0.3 is 14.2 Å². The number of carbonyl (C=O) groups excluding carboxylic acids is 1. The molecule has 7 heteroatoms. The van der Waals surface area contributed by atoms with Gasteiger partial charge in [0.2, 0.25) is 0 Å². The van der Waals surface area contributed by atoms with Crippen molar-refractivity contribution in [2.75, 3.05) is 46.8 Å². The zero-order chi connectivity index (χ0) is 20.4. The molecule has 0 atom stereocenters. The molecule has 4 rings (SSSR count). The van der Waals surface area contributed by atoms with Crippen LogP contribution >= 0.6 is 0 Å². The average molecular weight is 398 g/mol. The number of halogens is 1. The Morgan fingerprint density at radius 3 is 2.72 bits per heavy atom. The standard InChI is InChI=1S/C22H27FN4O2/c1-25(2)22(28)20-14-16-4-3-5-19(21(16)29-20)27-12-10-26(11-13-27)9-8-18-7-6-17(23)15-24-18/h4,6-7,14-15H,3,5,8-13H2,1-2H3. The van der Waals surface area contributed by atoms with E-state index in [-0.39, 0.29) is 11.7 Å². The van der Waals surface area contributed by atoms with Crippen molar-refractivity contribution in [3.05, 3.63) is 52.3 Å². The summed E-state index contributed by atoms with van der Waals surface area (Å²) in [4.78, 5) is 22.8.